The van der Waals surface area contributed by atoms with Crippen molar-refractivity contribution in [2.24, 2.45) is 0 Å². The number of nitrogens with zero attached hydrogens (tertiary/aromatic N) is 1. The zero-order valence-electron chi connectivity index (χ0n) is 18.6. The number of nitrogens with one attached hydrogen (secondary N) is 3. The maximum absolute atomic E-state index is 13.0. The molecule has 2 aromatic carbocycles. The highest BCUT2D eigenvalue weighted by atomic mass is 16.5. The Labute approximate surface area is 196 Å². The van der Waals surface area contributed by atoms with Gasteiger partial charge in [-0.3, -0.25) is 24.5 Å². The third kappa shape index (κ3) is 4.51. The van der Waals surface area contributed by atoms with Crippen molar-refractivity contribution in [3.8, 4) is 5.75 Å². The van der Waals surface area contributed by atoms with Crippen molar-refractivity contribution in [1.82, 2.24) is 15.5 Å². The van der Waals surface area contributed by atoms with Crippen LogP contribution < -0.4 is 20.7 Å². The molecule has 3 N–H and O–H groups in total. The molecule has 2 aromatic rings. The molecule has 3 aliphatic heterocycles. The average molecular weight is 463 g/mol. The molecule has 2 saturated heterocycles. The van der Waals surface area contributed by atoms with Crippen LogP contribution in [0.2, 0.25) is 0 Å². The monoisotopic (exact) mass is 462 g/mol. The molecule has 4 amide bonds. The molecule has 9 heteroatoms. The average Bonchev–Trinajstić information content (AvgIpc) is 3.16. The first-order valence-corrected chi connectivity index (χ1v) is 11.5. The first-order chi connectivity index (χ1) is 16.5. The molecule has 0 bridgehead atoms. The minimum Gasteiger partial charge on any atom is -0.490 e. The van der Waals surface area contributed by atoms with Crippen LogP contribution in [0.4, 0.5) is 5.69 Å². The van der Waals surface area contributed by atoms with Crippen molar-refractivity contribution >= 4 is 29.3 Å². The molecule has 0 aromatic heterocycles. The lowest BCUT2D eigenvalue weighted by molar-refractivity contribution is -0.136. The van der Waals surface area contributed by atoms with Gasteiger partial charge in [-0.1, -0.05) is 6.07 Å². The van der Waals surface area contributed by atoms with Gasteiger partial charge in [0.05, 0.1) is 0 Å². The summed E-state index contributed by atoms with van der Waals surface area (Å²) in [5.41, 5.74) is 2.14. The number of ether oxygens (including phenoxy) is 1. The Morgan fingerprint density at radius 1 is 1.00 bits per heavy atom. The number of hydrogen-bond acceptors (Lipinski definition) is 6. The molecule has 1 atom stereocenters. The van der Waals surface area contributed by atoms with Crippen LogP contribution in [0.15, 0.2) is 42.5 Å². The molecule has 5 rings (SSSR count). The van der Waals surface area contributed by atoms with Gasteiger partial charge in [0, 0.05) is 29.8 Å². The molecule has 34 heavy (non-hydrogen) atoms. The van der Waals surface area contributed by atoms with E-state index in [9.17, 15) is 19.2 Å². The number of anilines is 1. The van der Waals surface area contributed by atoms with Crippen molar-refractivity contribution in [2.75, 3.05) is 18.4 Å². The van der Waals surface area contributed by atoms with Crippen LogP contribution in [0, 0.1) is 0 Å². The number of rotatable bonds is 5. The van der Waals surface area contributed by atoms with Crippen LogP contribution in [-0.4, -0.2) is 53.8 Å². The van der Waals surface area contributed by atoms with Crippen LogP contribution in [0.3, 0.4) is 0 Å². The maximum atomic E-state index is 13.0. The van der Waals surface area contributed by atoms with Gasteiger partial charge < -0.3 is 20.3 Å². The summed E-state index contributed by atoms with van der Waals surface area (Å²) in [7, 11) is 0. The van der Waals surface area contributed by atoms with Gasteiger partial charge in [-0.2, -0.15) is 0 Å². The Kier molecular flexibility index (Phi) is 6.02. The molecule has 0 saturated carbocycles. The Morgan fingerprint density at radius 2 is 1.76 bits per heavy atom. The van der Waals surface area contributed by atoms with E-state index in [2.05, 4.69) is 16.0 Å². The number of imide groups is 1. The zero-order chi connectivity index (χ0) is 23.7. The Morgan fingerprint density at radius 3 is 2.50 bits per heavy atom. The van der Waals surface area contributed by atoms with Crippen molar-refractivity contribution in [1.29, 1.82) is 0 Å². The first kappa shape index (κ1) is 22.1. The topological polar surface area (TPSA) is 117 Å². The van der Waals surface area contributed by atoms with Gasteiger partial charge in [0.15, 0.2) is 0 Å². The molecule has 3 aliphatic rings. The van der Waals surface area contributed by atoms with E-state index in [0.717, 1.165) is 37.2 Å². The first-order valence-electron chi connectivity index (χ1n) is 11.5. The summed E-state index contributed by atoms with van der Waals surface area (Å²) >= 11 is 0. The summed E-state index contributed by atoms with van der Waals surface area (Å²) < 4.78 is 5.99. The molecule has 3 heterocycles. The molecule has 9 nitrogen and oxygen atoms in total. The van der Waals surface area contributed by atoms with Gasteiger partial charge >= 0.3 is 0 Å². The lowest BCUT2D eigenvalue weighted by Crippen LogP contribution is -2.52. The van der Waals surface area contributed by atoms with Crippen LogP contribution in [0.25, 0.3) is 0 Å². The standard InChI is InChI=1S/C25H26N4O5/c30-22-8-7-21(24(32)28-22)29-14-16-2-1-15(13-20(16)25(29)33)23(31)27-17-3-5-18(6-4-17)34-19-9-11-26-12-10-19/h1-6,13,19,21,26H,7-12,14H2,(H,27,31)(H,28,30,32). The number of piperidine rings is 2. The van der Waals surface area contributed by atoms with Crippen molar-refractivity contribution in [2.45, 2.75) is 44.4 Å². The number of carbonyl (C=O) groups excluding carboxylic acids is 4. The Bertz CT molecular complexity index is 1140. The number of hydrogen-bond donors (Lipinski definition) is 3. The second kappa shape index (κ2) is 9.26. The Hall–Kier alpha value is -3.72. The van der Waals surface area contributed by atoms with Crippen LogP contribution >= 0.6 is 0 Å². The molecular formula is C25H26N4O5. The number of benzene rings is 2. The van der Waals surface area contributed by atoms with Crippen molar-refractivity contribution in [3.05, 3.63) is 59.2 Å². The second-order valence-electron chi connectivity index (χ2n) is 8.82. The fraction of sp³-hybridized carbons (Fsp3) is 0.360. The van der Waals surface area contributed by atoms with Crippen LogP contribution in [-0.2, 0) is 16.1 Å². The molecule has 176 valence electrons. The molecule has 1 unspecified atom stereocenters. The van der Waals surface area contributed by atoms with Gasteiger partial charge in [-0.05, 0) is 74.3 Å². The molecular weight excluding hydrogens is 436 g/mol. The highest BCUT2D eigenvalue weighted by Crippen LogP contribution is 2.28. The van der Waals surface area contributed by atoms with Gasteiger partial charge in [0.2, 0.25) is 11.8 Å². The molecule has 2 fully saturated rings. The smallest absolute Gasteiger partial charge is 0.255 e. The van der Waals surface area contributed by atoms with Gasteiger partial charge in [0.25, 0.3) is 11.8 Å². The fourth-order valence-corrected chi connectivity index (χ4v) is 4.62. The minimum absolute atomic E-state index is 0.199. The highest BCUT2D eigenvalue weighted by molar-refractivity contribution is 6.08. The van der Waals surface area contributed by atoms with E-state index in [1.807, 2.05) is 12.1 Å². The maximum Gasteiger partial charge on any atom is 0.255 e. The highest BCUT2D eigenvalue weighted by Gasteiger charge is 2.39. The molecule has 0 aliphatic carbocycles. The predicted octanol–water partition coefficient (Wildman–Crippen LogP) is 1.83. The quantitative estimate of drug-likeness (QED) is 0.584. The van der Waals surface area contributed by atoms with E-state index in [1.165, 1.54) is 4.90 Å². The number of amides is 4. The number of fused-ring (bicyclic) bond motifs is 1. The van der Waals surface area contributed by atoms with E-state index in [4.69, 9.17) is 4.74 Å². The van der Waals surface area contributed by atoms with Gasteiger partial charge in [-0.25, -0.2) is 0 Å². The SMILES string of the molecule is O=C1CCC(N2Cc3ccc(C(=O)Nc4ccc(OC5CCNCC5)cc4)cc3C2=O)C(=O)N1. The lowest BCUT2D eigenvalue weighted by atomic mass is 10.0. The number of carbonyl (C=O) groups is 4. The summed E-state index contributed by atoms with van der Waals surface area (Å²) in [5.74, 6) is -0.652. The largest absolute Gasteiger partial charge is 0.490 e. The zero-order valence-corrected chi connectivity index (χ0v) is 18.6. The van der Waals surface area contributed by atoms with Crippen LogP contribution in [0.5, 0.6) is 5.75 Å². The van der Waals surface area contributed by atoms with Crippen molar-refractivity contribution in [3.63, 3.8) is 0 Å². The van der Waals surface area contributed by atoms with E-state index in [1.54, 1.807) is 30.3 Å². The van der Waals surface area contributed by atoms with E-state index >= 15 is 0 Å². The summed E-state index contributed by atoms with van der Waals surface area (Å²) in [4.78, 5) is 50.9. The summed E-state index contributed by atoms with van der Waals surface area (Å²) in [5, 5.41) is 8.45. The second-order valence-corrected chi connectivity index (χ2v) is 8.82. The summed E-state index contributed by atoms with van der Waals surface area (Å²) in [6, 6.07) is 11.5. The van der Waals surface area contributed by atoms with Gasteiger partial charge in [0.1, 0.15) is 17.9 Å². The van der Waals surface area contributed by atoms with E-state index in [-0.39, 0.29) is 36.8 Å². The summed E-state index contributed by atoms with van der Waals surface area (Å²) in [6.07, 6.45) is 2.64. The predicted molar refractivity (Wildman–Crippen MR) is 123 cm³/mol. The fourth-order valence-electron chi connectivity index (χ4n) is 4.62. The van der Waals surface area contributed by atoms with E-state index in [0.29, 0.717) is 23.2 Å². The minimum atomic E-state index is -0.680. The van der Waals surface area contributed by atoms with Gasteiger partial charge in [-0.15, -0.1) is 0 Å². The molecule has 0 radical (unpaired) electrons. The van der Waals surface area contributed by atoms with Crippen LogP contribution in [0.1, 0.15) is 52.0 Å². The lowest BCUT2D eigenvalue weighted by Gasteiger charge is -2.29. The Balaban J connectivity index is 1.23. The van der Waals surface area contributed by atoms with E-state index < -0.39 is 11.9 Å². The van der Waals surface area contributed by atoms with Crippen molar-refractivity contribution < 1.29 is 23.9 Å². The third-order valence-electron chi connectivity index (χ3n) is 6.49. The summed E-state index contributed by atoms with van der Waals surface area (Å²) in [6.45, 7) is 2.18. The third-order valence-corrected chi connectivity index (χ3v) is 6.49. The normalized spacial score (nSPS) is 20.6. The molecule has 0 spiro atoms.